The number of para-hydroxylation sites is 1. The Kier molecular flexibility index (Phi) is 3.99. The summed E-state index contributed by atoms with van der Waals surface area (Å²) < 4.78 is 9.43. The fraction of sp³-hybridized carbons (Fsp3) is 0.167. The lowest BCUT2D eigenvalue weighted by molar-refractivity contribution is 0.325. The van der Waals surface area contributed by atoms with Gasteiger partial charge in [-0.3, -0.25) is 14.0 Å². The molecule has 5 nitrogen and oxygen atoms in total. The number of hydrogen-bond donors (Lipinski definition) is 0. The first-order chi connectivity index (χ1) is 14.2. The monoisotopic (exact) mass is 381 g/mol. The number of hydrogen-bond acceptors (Lipinski definition) is 3. The van der Waals surface area contributed by atoms with E-state index < -0.39 is 0 Å². The van der Waals surface area contributed by atoms with E-state index in [4.69, 9.17) is 4.74 Å². The molecule has 0 fully saturated rings. The van der Waals surface area contributed by atoms with E-state index in [2.05, 4.69) is 23.9 Å². The van der Waals surface area contributed by atoms with E-state index >= 15 is 0 Å². The molecule has 2 aromatic heterocycles. The predicted molar refractivity (Wildman–Crippen MR) is 112 cm³/mol. The Labute approximate surface area is 168 Å². The third-order valence-corrected chi connectivity index (χ3v) is 5.27. The van der Waals surface area contributed by atoms with Crippen LogP contribution in [0.3, 0.4) is 0 Å². The van der Waals surface area contributed by atoms with Crippen LogP contribution in [0.2, 0.25) is 0 Å². The average molecular weight is 381 g/mol. The zero-order valence-electron chi connectivity index (χ0n) is 16.3. The van der Waals surface area contributed by atoms with Gasteiger partial charge >= 0.3 is 0 Å². The van der Waals surface area contributed by atoms with Crippen LogP contribution in [0.5, 0.6) is 5.75 Å². The molecule has 0 saturated carbocycles. The molecule has 0 aliphatic carbocycles. The van der Waals surface area contributed by atoms with Gasteiger partial charge in [0.2, 0.25) is 0 Å². The van der Waals surface area contributed by atoms with Crippen LogP contribution in [0.15, 0.2) is 59.7 Å². The molecule has 4 aromatic rings. The van der Waals surface area contributed by atoms with Crippen LogP contribution >= 0.6 is 0 Å². The van der Waals surface area contributed by atoms with Gasteiger partial charge in [-0.15, -0.1) is 0 Å². The molecule has 2 aromatic carbocycles. The van der Waals surface area contributed by atoms with Crippen molar-refractivity contribution in [3.05, 3.63) is 87.6 Å². The summed E-state index contributed by atoms with van der Waals surface area (Å²) in [5, 5.41) is 5.67. The number of aromatic nitrogens is 3. The smallest absolute Gasteiger partial charge is 0.264 e. The fourth-order valence-corrected chi connectivity index (χ4v) is 4.00. The predicted octanol–water partition coefficient (Wildman–Crippen LogP) is 3.58. The van der Waals surface area contributed by atoms with Crippen LogP contribution < -0.4 is 10.3 Å². The Hall–Kier alpha value is -3.78. The normalized spacial score (nSPS) is 11.9. The number of rotatable bonds is 2. The molecule has 0 N–H and O–H groups in total. The molecule has 0 spiro atoms. The maximum atomic E-state index is 13.7. The molecule has 0 radical (unpaired) electrons. The highest BCUT2D eigenvalue weighted by Crippen LogP contribution is 2.37. The van der Waals surface area contributed by atoms with Crippen LogP contribution in [0.1, 0.15) is 29.3 Å². The minimum absolute atomic E-state index is 0.0605. The van der Waals surface area contributed by atoms with Gasteiger partial charge < -0.3 is 4.74 Å². The van der Waals surface area contributed by atoms with E-state index in [1.807, 2.05) is 60.3 Å². The van der Waals surface area contributed by atoms with E-state index in [-0.39, 0.29) is 5.56 Å². The van der Waals surface area contributed by atoms with E-state index in [0.29, 0.717) is 17.6 Å². The largest absolute Gasteiger partial charge is 0.488 e. The summed E-state index contributed by atoms with van der Waals surface area (Å²) in [7, 11) is 1.85. The van der Waals surface area contributed by atoms with Crippen LogP contribution in [0.25, 0.3) is 16.5 Å². The molecule has 1 aliphatic rings. The third-order valence-electron chi connectivity index (χ3n) is 5.27. The lowest BCUT2D eigenvalue weighted by atomic mass is 9.99. The Morgan fingerprint density at radius 3 is 2.66 bits per heavy atom. The van der Waals surface area contributed by atoms with Crippen molar-refractivity contribution in [2.45, 2.75) is 20.0 Å². The van der Waals surface area contributed by atoms with Crippen molar-refractivity contribution in [2.75, 3.05) is 0 Å². The van der Waals surface area contributed by atoms with E-state index in [1.54, 1.807) is 10.9 Å². The Balaban J connectivity index is 1.84. The Morgan fingerprint density at radius 2 is 1.93 bits per heavy atom. The SMILES string of the molecule is CCc1c2c3c(ccc(C#Cc4cnn(C)c4)c3c(=O)n1-c1ccccc1)OC2. The van der Waals surface area contributed by atoms with Gasteiger partial charge in [0.15, 0.2) is 0 Å². The fourth-order valence-electron chi connectivity index (χ4n) is 4.00. The van der Waals surface area contributed by atoms with Crippen molar-refractivity contribution in [1.29, 1.82) is 0 Å². The van der Waals surface area contributed by atoms with Gasteiger partial charge in [-0.05, 0) is 30.7 Å². The molecular formula is C24H19N3O2. The minimum atomic E-state index is -0.0605. The molecule has 0 bridgehead atoms. The molecule has 0 unspecified atom stereocenters. The summed E-state index contributed by atoms with van der Waals surface area (Å²) in [4.78, 5) is 13.7. The molecule has 0 saturated heterocycles. The molecule has 0 amide bonds. The van der Waals surface area contributed by atoms with E-state index in [1.165, 1.54) is 0 Å². The number of ether oxygens (including phenoxy) is 1. The minimum Gasteiger partial charge on any atom is -0.488 e. The van der Waals surface area contributed by atoms with Crippen LogP contribution in [0.4, 0.5) is 0 Å². The van der Waals surface area contributed by atoms with Gasteiger partial charge in [0.05, 0.1) is 17.1 Å². The molecular weight excluding hydrogens is 362 g/mol. The van der Waals surface area contributed by atoms with Gasteiger partial charge in [0.1, 0.15) is 12.4 Å². The summed E-state index contributed by atoms with van der Waals surface area (Å²) >= 11 is 0. The highest BCUT2D eigenvalue weighted by Gasteiger charge is 2.25. The van der Waals surface area contributed by atoms with Crippen molar-refractivity contribution in [3.63, 3.8) is 0 Å². The second kappa shape index (κ2) is 6.68. The molecule has 142 valence electrons. The lowest BCUT2D eigenvalue weighted by Gasteiger charge is -2.16. The number of nitrogens with zero attached hydrogens (tertiary/aromatic N) is 3. The van der Waals surface area contributed by atoms with Crippen molar-refractivity contribution in [2.24, 2.45) is 7.05 Å². The van der Waals surface area contributed by atoms with Gasteiger partial charge in [0, 0.05) is 41.1 Å². The Bertz CT molecular complexity index is 1370. The summed E-state index contributed by atoms with van der Waals surface area (Å²) in [5.41, 5.74) is 4.38. The topological polar surface area (TPSA) is 49.0 Å². The first-order valence-corrected chi connectivity index (χ1v) is 9.59. The summed E-state index contributed by atoms with van der Waals surface area (Å²) in [6.45, 7) is 2.54. The maximum Gasteiger partial charge on any atom is 0.264 e. The lowest BCUT2D eigenvalue weighted by Crippen LogP contribution is -2.24. The quantitative estimate of drug-likeness (QED) is 0.499. The van der Waals surface area contributed by atoms with Gasteiger partial charge in [-0.1, -0.05) is 37.0 Å². The second-order valence-corrected chi connectivity index (χ2v) is 7.06. The van der Waals surface area contributed by atoms with Crippen molar-refractivity contribution < 1.29 is 4.74 Å². The van der Waals surface area contributed by atoms with Crippen molar-refractivity contribution in [1.82, 2.24) is 14.3 Å². The first kappa shape index (κ1) is 17.3. The number of benzene rings is 2. The summed E-state index contributed by atoms with van der Waals surface area (Å²) in [6.07, 6.45) is 4.31. The van der Waals surface area contributed by atoms with Crippen LogP contribution in [-0.2, 0) is 20.1 Å². The summed E-state index contributed by atoms with van der Waals surface area (Å²) in [5.74, 6) is 7.07. The number of aryl methyl sites for hydroxylation is 1. The Morgan fingerprint density at radius 1 is 1.10 bits per heavy atom. The number of pyridine rings is 1. The molecule has 0 atom stereocenters. The molecule has 5 rings (SSSR count). The molecule has 3 heterocycles. The third kappa shape index (κ3) is 2.73. The highest BCUT2D eigenvalue weighted by atomic mass is 16.5. The first-order valence-electron chi connectivity index (χ1n) is 9.59. The van der Waals surface area contributed by atoms with E-state index in [9.17, 15) is 4.79 Å². The van der Waals surface area contributed by atoms with Crippen LogP contribution in [0, 0.1) is 11.8 Å². The maximum absolute atomic E-state index is 13.7. The molecule has 5 heteroatoms. The van der Waals surface area contributed by atoms with Gasteiger partial charge in [-0.2, -0.15) is 5.10 Å². The second-order valence-electron chi connectivity index (χ2n) is 7.06. The van der Waals surface area contributed by atoms with Gasteiger partial charge in [-0.25, -0.2) is 0 Å². The summed E-state index contributed by atoms with van der Waals surface area (Å²) in [6, 6.07) is 13.5. The zero-order valence-corrected chi connectivity index (χ0v) is 16.3. The van der Waals surface area contributed by atoms with Crippen LogP contribution in [-0.4, -0.2) is 14.3 Å². The van der Waals surface area contributed by atoms with Crippen molar-refractivity contribution in [3.8, 4) is 23.3 Å². The van der Waals surface area contributed by atoms with E-state index in [0.717, 1.165) is 40.1 Å². The van der Waals surface area contributed by atoms with Gasteiger partial charge in [0.25, 0.3) is 5.56 Å². The standard InChI is InChI=1S/C24H19N3O2/c1-3-20-19-15-29-21-12-11-17(10-9-16-13-25-26(2)14-16)22(23(19)21)24(28)27(20)18-7-5-4-6-8-18/h4-8,11-14H,3,15H2,1-2H3. The molecule has 29 heavy (non-hydrogen) atoms. The molecule has 1 aliphatic heterocycles. The van der Waals surface area contributed by atoms with Crippen molar-refractivity contribution >= 4 is 10.8 Å². The zero-order chi connectivity index (χ0) is 20.0. The highest BCUT2D eigenvalue weighted by molar-refractivity contribution is 5.97. The average Bonchev–Trinajstić information content (AvgIpc) is 3.36.